The van der Waals surface area contributed by atoms with Crippen LogP contribution in [0.15, 0.2) is 0 Å². The molecule has 0 spiro atoms. The summed E-state index contributed by atoms with van der Waals surface area (Å²) in [4.78, 5) is 26.0. The number of nitrogens with one attached hydrogen (secondary N) is 1. The first kappa shape index (κ1) is 15.9. The zero-order chi connectivity index (χ0) is 14.6. The lowest BCUT2D eigenvalue weighted by Gasteiger charge is -2.46. The van der Waals surface area contributed by atoms with E-state index in [2.05, 4.69) is 12.2 Å². The molecule has 1 saturated carbocycles. The molecule has 0 aromatic heterocycles. The van der Waals surface area contributed by atoms with Gasteiger partial charge in [-0.25, -0.2) is 0 Å². The van der Waals surface area contributed by atoms with Gasteiger partial charge in [0.2, 0.25) is 11.8 Å². The highest BCUT2D eigenvalue weighted by molar-refractivity contribution is 7.80. The Balaban J connectivity index is 2.77. The molecule has 0 atom stereocenters. The highest BCUT2D eigenvalue weighted by Gasteiger charge is 2.52. The molecule has 0 aromatic carbocycles. The van der Waals surface area contributed by atoms with Crippen LogP contribution >= 0.6 is 12.2 Å². The van der Waals surface area contributed by atoms with Crippen LogP contribution in [-0.2, 0) is 9.59 Å². The van der Waals surface area contributed by atoms with Crippen LogP contribution in [-0.4, -0.2) is 41.3 Å². The summed E-state index contributed by atoms with van der Waals surface area (Å²) in [5.74, 6) is 0.198. The molecular weight excluding hydrogens is 262 g/mol. The maximum atomic E-state index is 12.6. The van der Waals surface area contributed by atoms with E-state index in [1.165, 1.54) is 4.90 Å². The van der Waals surface area contributed by atoms with Gasteiger partial charge in [-0.1, -0.05) is 19.1 Å². The van der Waals surface area contributed by atoms with E-state index in [9.17, 15) is 9.59 Å². The molecule has 0 radical (unpaired) electrons. The number of hydrogen-bond acceptors (Lipinski definition) is 3. The van der Waals surface area contributed by atoms with Crippen molar-refractivity contribution in [1.82, 2.24) is 10.2 Å². The summed E-state index contributed by atoms with van der Waals surface area (Å²) >= 11 is 5.07. The van der Waals surface area contributed by atoms with E-state index >= 15 is 0 Å². The topological polar surface area (TPSA) is 75.4 Å². The van der Waals surface area contributed by atoms with Crippen molar-refractivity contribution in [3.05, 3.63) is 0 Å². The second-order valence-electron chi connectivity index (χ2n) is 5.23. The summed E-state index contributed by atoms with van der Waals surface area (Å²) in [7, 11) is 0. The van der Waals surface area contributed by atoms with Gasteiger partial charge in [0, 0.05) is 13.1 Å². The van der Waals surface area contributed by atoms with Crippen LogP contribution in [0, 0.1) is 11.3 Å². The van der Waals surface area contributed by atoms with Crippen molar-refractivity contribution in [1.29, 1.82) is 0 Å². The largest absolute Gasteiger partial charge is 0.392 e. The highest BCUT2D eigenvalue weighted by Crippen LogP contribution is 2.47. The van der Waals surface area contributed by atoms with Crippen LogP contribution in [0.2, 0.25) is 0 Å². The van der Waals surface area contributed by atoms with Crippen molar-refractivity contribution in [3.63, 3.8) is 0 Å². The van der Waals surface area contributed by atoms with Crippen molar-refractivity contribution in [2.45, 2.75) is 33.6 Å². The Morgan fingerprint density at radius 3 is 2.37 bits per heavy atom. The lowest BCUT2D eigenvalue weighted by atomic mass is 9.61. The van der Waals surface area contributed by atoms with E-state index in [-0.39, 0.29) is 23.3 Å². The first-order valence-corrected chi connectivity index (χ1v) is 7.14. The first-order valence-electron chi connectivity index (χ1n) is 6.73. The quantitative estimate of drug-likeness (QED) is 0.704. The van der Waals surface area contributed by atoms with Crippen molar-refractivity contribution in [2.24, 2.45) is 17.1 Å². The third-order valence-corrected chi connectivity index (χ3v) is 4.04. The molecule has 19 heavy (non-hydrogen) atoms. The van der Waals surface area contributed by atoms with Crippen LogP contribution in [0.1, 0.15) is 33.6 Å². The van der Waals surface area contributed by atoms with Gasteiger partial charge < -0.3 is 16.0 Å². The van der Waals surface area contributed by atoms with Gasteiger partial charge in [0.1, 0.15) is 0 Å². The highest BCUT2D eigenvalue weighted by atomic mass is 32.1. The van der Waals surface area contributed by atoms with E-state index in [1.807, 2.05) is 13.8 Å². The predicted molar refractivity (Wildman–Crippen MR) is 78.6 cm³/mol. The molecule has 1 aliphatic rings. The molecule has 6 heteroatoms. The van der Waals surface area contributed by atoms with E-state index < -0.39 is 5.41 Å². The lowest BCUT2D eigenvalue weighted by molar-refractivity contribution is -0.146. The van der Waals surface area contributed by atoms with Crippen molar-refractivity contribution < 1.29 is 9.59 Å². The molecule has 0 aliphatic heterocycles. The Labute approximate surface area is 119 Å². The Kier molecular flexibility index (Phi) is 5.29. The average molecular weight is 285 g/mol. The summed E-state index contributed by atoms with van der Waals surface area (Å²) in [5, 5.41) is 2.69. The lowest BCUT2D eigenvalue weighted by Crippen LogP contribution is -2.58. The Bertz CT molecular complexity index is 378. The van der Waals surface area contributed by atoms with Gasteiger partial charge >= 0.3 is 0 Å². The maximum absolute atomic E-state index is 12.6. The minimum Gasteiger partial charge on any atom is -0.392 e. The number of nitrogens with zero attached hydrogens (tertiary/aromatic N) is 1. The molecule has 1 fully saturated rings. The molecular formula is C13H23N3O2S. The Morgan fingerprint density at radius 1 is 1.42 bits per heavy atom. The van der Waals surface area contributed by atoms with E-state index in [0.29, 0.717) is 31.8 Å². The monoisotopic (exact) mass is 285 g/mol. The number of thiocarbonyl (C=S) groups is 1. The third kappa shape index (κ3) is 3.23. The summed E-state index contributed by atoms with van der Waals surface area (Å²) in [5.41, 5.74) is 5.04. The molecule has 1 aliphatic carbocycles. The first-order chi connectivity index (χ1) is 8.87. The fourth-order valence-electron chi connectivity index (χ4n) is 2.67. The number of nitrogens with two attached hydrogens (primary N) is 1. The van der Waals surface area contributed by atoms with Gasteiger partial charge in [-0.3, -0.25) is 9.59 Å². The van der Waals surface area contributed by atoms with Gasteiger partial charge in [0.25, 0.3) is 0 Å². The molecule has 1 rings (SSSR count). The van der Waals surface area contributed by atoms with Crippen LogP contribution in [0.4, 0.5) is 0 Å². The molecule has 0 bridgehead atoms. The smallest absolute Gasteiger partial charge is 0.239 e. The van der Waals surface area contributed by atoms with Crippen molar-refractivity contribution in [3.8, 4) is 0 Å². The molecule has 108 valence electrons. The molecule has 0 saturated heterocycles. The number of amides is 2. The van der Waals surface area contributed by atoms with E-state index in [4.69, 9.17) is 18.0 Å². The molecule has 2 amide bonds. The summed E-state index contributed by atoms with van der Waals surface area (Å²) in [6, 6.07) is 0. The minimum absolute atomic E-state index is 0.0713. The Morgan fingerprint density at radius 2 is 2.00 bits per heavy atom. The molecule has 0 unspecified atom stereocenters. The SMILES string of the molecule is CCNC(=O)CN(CC)C(=O)C1(C(N)=S)CC(C)C1. The normalized spacial score (nSPS) is 25.3. The minimum atomic E-state index is -0.725. The summed E-state index contributed by atoms with van der Waals surface area (Å²) in [6.45, 7) is 6.88. The van der Waals surface area contributed by atoms with Crippen LogP contribution in [0.3, 0.4) is 0 Å². The van der Waals surface area contributed by atoms with Gasteiger partial charge in [-0.05, 0) is 32.6 Å². The van der Waals surface area contributed by atoms with Gasteiger partial charge in [0.05, 0.1) is 16.9 Å². The average Bonchev–Trinajstić information content (AvgIpc) is 2.30. The second-order valence-corrected chi connectivity index (χ2v) is 5.67. The van der Waals surface area contributed by atoms with Gasteiger partial charge in [-0.15, -0.1) is 0 Å². The van der Waals surface area contributed by atoms with Crippen LogP contribution < -0.4 is 11.1 Å². The van der Waals surface area contributed by atoms with Crippen LogP contribution in [0.5, 0.6) is 0 Å². The summed E-state index contributed by atoms with van der Waals surface area (Å²) < 4.78 is 0. The van der Waals surface area contributed by atoms with Crippen molar-refractivity contribution >= 4 is 29.0 Å². The number of carbonyl (C=O) groups is 2. The van der Waals surface area contributed by atoms with Gasteiger partial charge in [0.15, 0.2) is 0 Å². The Hall–Kier alpha value is -1.17. The second kappa shape index (κ2) is 6.32. The molecule has 3 N–H and O–H groups in total. The molecule has 0 heterocycles. The number of hydrogen-bond donors (Lipinski definition) is 2. The maximum Gasteiger partial charge on any atom is 0.239 e. The number of carbonyl (C=O) groups excluding carboxylic acids is 2. The van der Waals surface area contributed by atoms with Crippen LogP contribution in [0.25, 0.3) is 0 Å². The van der Waals surface area contributed by atoms with Crippen molar-refractivity contribution in [2.75, 3.05) is 19.6 Å². The zero-order valence-electron chi connectivity index (χ0n) is 11.9. The predicted octanol–water partition coefficient (Wildman–Crippen LogP) is 0.673. The fraction of sp³-hybridized carbons (Fsp3) is 0.769. The third-order valence-electron chi connectivity index (χ3n) is 3.65. The number of likely N-dealkylation sites (N-methyl/N-ethyl adjacent to an activating group) is 2. The standard InChI is InChI=1S/C13H23N3O2S/c1-4-15-10(17)8-16(5-2)12(18)13(11(14)19)6-9(3)7-13/h9H,4-8H2,1-3H3,(H2,14,19)(H,15,17). The van der Waals surface area contributed by atoms with E-state index in [1.54, 1.807) is 0 Å². The number of rotatable bonds is 6. The van der Waals surface area contributed by atoms with E-state index in [0.717, 1.165) is 0 Å². The summed E-state index contributed by atoms with van der Waals surface area (Å²) in [6.07, 6.45) is 1.38. The zero-order valence-corrected chi connectivity index (χ0v) is 12.7. The molecule has 0 aromatic rings. The van der Waals surface area contributed by atoms with Gasteiger partial charge in [-0.2, -0.15) is 0 Å². The fourth-order valence-corrected chi connectivity index (χ4v) is 2.92. The molecule has 5 nitrogen and oxygen atoms in total.